The van der Waals surface area contributed by atoms with E-state index in [1.165, 1.54) is 0 Å². The molecule has 3 rings (SSSR count). The monoisotopic (exact) mass is 213 g/mol. The number of rotatable bonds is 1. The zero-order valence-electron chi connectivity index (χ0n) is 8.99. The average Bonchev–Trinajstić information content (AvgIpc) is 3.07. The third-order valence-corrected chi connectivity index (χ3v) is 3.07. The van der Waals surface area contributed by atoms with Crippen molar-refractivity contribution in [2.45, 2.75) is 12.5 Å². The molecule has 2 aliphatic rings. The van der Waals surface area contributed by atoms with Crippen LogP contribution in [0.3, 0.4) is 0 Å². The number of nitrogens with zero attached hydrogens (tertiary/aromatic N) is 1. The zero-order chi connectivity index (χ0) is 11.2. The third-order valence-electron chi connectivity index (χ3n) is 3.07. The van der Waals surface area contributed by atoms with Gasteiger partial charge in [0.1, 0.15) is 0 Å². The van der Waals surface area contributed by atoms with E-state index in [1.54, 1.807) is 11.8 Å². The summed E-state index contributed by atoms with van der Waals surface area (Å²) in [7, 11) is 0. The first-order valence-electron chi connectivity index (χ1n) is 5.24. The van der Waals surface area contributed by atoms with Crippen LogP contribution in [0.15, 0.2) is 24.3 Å². The molecule has 1 spiro atoms. The van der Waals surface area contributed by atoms with Gasteiger partial charge in [-0.15, -0.1) is 5.92 Å². The van der Waals surface area contributed by atoms with Crippen LogP contribution in [0.2, 0.25) is 0 Å². The highest BCUT2D eigenvalue weighted by Gasteiger charge is 2.61. The summed E-state index contributed by atoms with van der Waals surface area (Å²) in [5.74, 6) is 5.76. The first-order chi connectivity index (χ1) is 7.79. The summed E-state index contributed by atoms with van der Waals surface area (Å²) in [4.78, 5) is 13.9. The van der Waals surface area contributed by atoms with E-state index in [4.69, 9.17) is 4.74 Å². The molecule has 0 saturated carbocycles. The normalized spacial score (nSPS) is 25.3. The number of ether oxygens (including phenoxy) is 1. The molecule has 2 heterocycles. The summed E-state index contributed by atoms with van der Waals surface area (Å²) in [5.41, 5.74) is 1.25. The van der Waals surface area contributed by atoms with Gasteiger partial charge in [0, 0.05) is 5.56 Å². The highest BCUT2D eigenvalue weighted by Crippen LogP contribution is 2.50. The molecule has 80 valence electrons. The SMILES string of the molecule is CC#CCN1C(=O)C2(CO2)c2ccccc21. The van der Waals surface area contributed by atoms with Crippen LogP contribution in [0.1, 0.15) is 12.5 Å². The van der Waals surface area contributed by atoms with E-state index in [9.17, 15) is 4.79 Å². The molecule has 1 aromatic rings. The lowest BCUT2D eigenvalue weighted by atomic mass is 10.0. The van der Waals surface area contributed by atoms with Gasteiger partial charge >= 0.3 is 0 Å². The number of benzene rings is 1. The van der Waals surface area contributed by atoms with Crippen LogP contribution in [0.4, 0.5) is 5.69 Å². The Balaban J connectivity index is 2.08. The Morgan fingerprint density at radius 2 is 2.25 bits per heavy atom. The second-order valence-corrected chi connectivity index (χ2v) is 3.95. The van der Waals surface area contributed by atoms with Gasteiger partial charge in [0.2, 0.25) is 0 Å². The van der Waals surface area contributed by atoms with Crippen molar-refractivity contribution in [1.29, 1.82) is 0 Å². The molecule has 2 aliphatic heterocycles. The van der Waals surface area contributed by atoms with Crippen LogP contribution in [0.25, 0.3) is 0 Å². The maximum Gasteiger partial charge on any atom is 0.267 e. The molecule has 0 bridgehead atoms. The standard InChI is InChI=1S/C13H11NO2/c1-2-3-8-14-11-7-5-4-6-10(11)13(9-16-13)12(14)15/h4-7H,8-9H2,1H3. The van der Waals surface area contributed by atoms with Crippen LogP contribution >= 0.6 is 0 Å². The minimum Gasteiger partial charge on any atom is -0.354 e. The predicted molar refractivity (Wildman–Crippen MR) is 59.9 cm³/mol. The van der Waals surface area contributed by atoms with Crippen molar-refractivity contribution in [3.8, 4) is 11.8 Å². The molecule has 0 aliphatic carbocycles. The molecule has 1 amide bonds. The Morgan fingerprint density at radius 1 is 1.50 bits per heavy atom. The number of hydrogen-bond donors (Lipinski definition) is 0. The van der Waals surface area contributed by atoms with Gasteiger partial charge in [0.05, 0.1) is 18.8 Å². The van der Waals surface area contributed by atoms with Gasteiger partial charge in [-0.2, -0.15) is 0 Å². The van der Waals surface area contributed by atoms with Crippen molar-refractivity contribution < 1.29 is 9.53 Å². The van der Waals surface area contributed by atoms with Gasteiger partial charge in [-0.25, -0.2) is 0 Å². The summed E-state index contributed by atoms with van der Waals surface area (Å²) >= 11 is 0. The predicted octanol–water partition coefficient (Wildman–Crippen LogP) is 1.28. The fourth-order valence-electron chi connectivity index (χ4n) is 2.16. The van der Waals surface area contributed by atoms with Gasteiger partial charge in [0.15, 0.2) is 5.60 Å². The molecule has 0 N–H and O–H groups in total. The molecule has 1 unspecified atom stereocenters. The Kier molecular flexibility index (Phi) is 1.83. The van der Waals surface area contributed by atoms with Crippen molar-refractivity contribution in [1.82, 2.24) is 0 Å². The van der Waals surface area contributed by atoms with E-state index in [0.717, 1.165) is 11.3 Å². The maximum atomic E-state index is 12.2. The van der Waals surface area contributed by atoms with Crippen molar-refractivity contribution in [3.05, 3.63) is 29.8 Å². The van der Waals surface area contributed by atoms with Gasteiger partial charge in [-0.05, 0) is 13.0 Å². The van der Waals surface area contributed by atoms with Crippen molar-refractivity contribution in [3.63, 3.8) is 0 Å². The number of fused-ring (bicyclic) bond motifs is 2. The highest BCUT2D eigenvalue weighted by molar-refractivity contribution is 6.08. The van der Waals surface area contributed by atoms with Crippen molar-refractivity contribution >= 4 is 11.6 Å². The molecule has 1 saturated heterocycles. The molecule has 1 fully saturated rings. The van der Waals surface area contributed by atoms with Crippen LogP contribution < -0.4 is 4.90 Å². The minimum absolute atomic E-state index is 0.0245. The third kappa shape index (κ3) is 1.05. The molecule has 0 aromatic heterocycles. The fourth-order valence-corrected chi connectivity index (χ4v) is 2.16. The Bertz CT molecular complexity index is 520. The Labute approximate surface area is 94.0 Å². The van der Waals surface area contributed by atoms with Gasteiger partial charge in [0.25, 0.3) is 5.91 Å². The topological polar surface area (TPSA) is 32.8 Å². The summed E-state index contributed by atoms with van der Waals surface area (Å²) in [6.07, 6.45) is 0. The number of anilines is 1. The molecule has 16 heavy (non-hydrogen) atoms. The summed E-state index contributed by atoms with van der Waals surface area (Å²) < 4.78 is 5.37. The van der Waals surface area contributed by atoms with E-state index in [2.05, 4.69) is 11.8 Å². The van der Waals surface area contributed by atoms with Crippen LogP contribution in [0.5, 0.6) is 0 Å². The molecule has 3 nitrogen and oxygen atoms in total. The lowest BCUT2D eigenvalue weighted by Crippen LogP contribution is -2.33. The van der Waals surface area contributed by atoms with Crippen LogP contribution in [-0.2, 0) is 15.1 Å². The minimum atomic E-state index is -0.675. The van der Waals surface area contributed by atoms with Crippen LogP contribution in [-0.4, -0.2) is 19.1 Å². The second-order valence-electron chi connectivity index (χ2n) is 3.95. The Morgan fingerprint density at radius 3 is 2.94 bits per heavy atom. The van der Waals surface area contributed by atoms with Crippen molar-refractivity contribution in [2.75, 3.05) is 18.1 Å². The van der Waals surface area contributed by atoms with Gasteiger partial charge in [-0.3, -0.25) is 9.69 Å². The first-order valence-corrected chi connectivity index (χ1v) is 5.24. The molecule has 1 aromatic carbocycles. The lowest BCUT2D eigenvalue weighted by Gasteiger charge is -2.13. The highest BCUT2D eigenvalue weighted by atomic mass is 16.6. The molecular weight excluding hydrogens is 202 g/mol. The molecular formula is C13H11NO2. The summed E-state index contributed by atoms with van der Waals surface area (Å²) in [6, 6.07) is 7.77. The number of para-hydroxylation sites is 1. The number of carbonyl (C=O) groups is 1. The van der Waals surface area contributed by atoms with Gasteiger partial charge < -0.3 is 4.74 Å². The largest absolute Gasteiger partial charge is 0.354 e. The van der Waals surface area contributed by atoms with E-state index >= 15 is 0 Å². The number of hydrogen-bond acceptors (Lipinski definition) is 2. The van der Waals surface area contributed by atoms with Gasteiger partial charge in [-0.1, -0.05) is 24.1 Å². The maximum absolute atomic E-state index is 12.2. The van der Waals surface area contributed by atoms with E-state index in [1.807, 2.05) is 24.3 Å². The molecule has 3 heteroatoms. The zero-order valence-corrected chi connectivity index (χ0v) is 8.99. The molecule has 0 radical (unpaired) electrons. The molecule has 1 atom stereocenters. The van der Waals surface area contributed by atoms with Crippen LogP contribution in [0, 0.1) is 11.8 Å². The number of epoxide rings is 1. The summed E-state index contributed by atoms with van der Waals surface area (Å²) in [5, 5.41) is 0. The van der Waals surface area contributed by atoms with E-state index < -0.39 is 5.60 Å². The smallest absolute Gasteiger partial charge is 0.267 e. The second kappa shape index (κ2) is 3.10. The quantitative estimate of drug-likeness (QED) is 0.520. The average molecular weight is 213 g/mol. The lowest BCUT2D eigenvalue weighted by molar-refractivity contribution is -0.122. The number of carbonyl (C=O) groups excluding carboxylic acids is 1. The first kappa shape index (κ1) is 9.44. The van der Waals surface area contributed by atoms with E-state index in [-0.39, 0.29) is 5.91 Å². The van der Waals surface area contributed by atoms with Crippen molar-refractivity contribution in [2.24, 2.45) is 0 Å². The summed E-state index contributed by atoms with van der Waals surface area (Å²) in [6.45, 7) is 2.71. The Hall–Kier alpha value is -1.79. The van der Waals surface area contributed by atoms with E-state index in [0.29, 0.717) is 13.2 Å². The fraction of sp³-hybridized carbons (Fsp3) is 0.308. The number of amides is 1.